The molecule has 0 radical (unpaired) electrons. The highest BCUT2D eigenvalue weighted by Gasteiger charge is 2.35. The van der Waals surface area contributed by atoms with E-state index in [1.54, 1.807) is 4.90 Å². The number of amides is 1. The Balaban J connectivity index is 1.73. The number of rotatable bonds is 2. The molecule has 2 atom stereocenters. The van der Waals surface area contributed by atoms with Crippen LogP contribution in [0.5, 0.6) is 0 Å². The number of carbonyl (C=O) groups is 1. The second-order valence-electron chi connectivity index (χ2n) is 6.33. The van der Waals surface area contributed by atoms with Crippen LogP contribution in [-0.4, -0.2) is 35.4 Å². The smallest absolute Gasteiger partial charge is 0.338 e. The van der Waals surface area contributed by atoms with Crippen molar-refractivity contribution in [1.82, 2.24) is 15.2 Å². The van der Waals surface area contributed by atoms with E-state index < -0.39 is 11.7 Å². The first-order valence-electron chi connectivity index (χ1n) is 7.89. The summed E-state index contributed by atoms with van der Waals surface area (Å²) in [6.07, 6.45) is -0.392. The zero-order valence-corrected chi connectivity index (χ0v) is 13.0. The van der Waals surface area contributed by atoms with E-state index in [0.29, 0.717) is 30.3 Å². The highest BCUT2D eigenvalue weighted by atomic mass is 19.4. The van der Waals surface area contributed by atoms with Crippen molar-refractivity contribution >= 4 is 5.91 Å². The number of nitrogens with zero attached hydrogens (tertiary/aromatic N) is 2. The Morgan fingerprint density at radius 2 is 2.17 bits per heavy atom. The van der Waals surface area contributed by atoms with E-state index in [4.69, 9.17) is 0 Å². The number of halogens is 3. The first-order valence-corrected chi connectivity index (χ1v) is 7.89. The van der Waals surface area contributed by atoms with Crippen LogP contribution < -0.4 is 5.32 Å². The Morgan fingerprint density at radius 3 is 2.83 bits per heavy atom. The molecule has 2 aliphatic rings. The van der Waals surface area contributed by atoms with Gasteiger partial charge in [0, 0.05) is 43.4 Å². The van der Waals surface area contributed by atoms with Crippen molar-refractivity contribution < 1.29 is 18.0 Å². The second-order valence-corrected chi connectivity index (χ2v) is 6.33. The minimum absolute atomic E-state index is 0.0206. The number of hydrogen-bond donors (Lipinski definition) is 1. The Labute approximate surface area is 133 Å². The SMILES string of the molecule is CNC1CCC(C(=O)N2CCc3ncc(C(F)(F)F)cc3C2)C1. The van der Waals surface area contributed by atoms with Crippen molar-refractivity contribution in [3.63, 3.8) is 0 Å². The molecule has 4 nitrogen and oxygen atoms in total. The molecule has 1 aromatic heterocycles. The molecule has 3 rings (SSSR count). The monoisotopic (exact) mass is 327 g/mol. The normalized spacial score (nSPS) is 24.6. The predicted molar refractivity (Wildman–Crippen MR) is 78.5 cm³/mol. The lowest BCUT2D eigenvalue weighted by atomic mass is 10.00. The summed E-state index contributed by atoms with van der Waals surface area (Å²) in [5.74, 6) is 0.0403. The number of alkyl halides is 3. The third-order valence-corrected chi connectivity index (χ3v) is 4.87. The number of aromatic nitrogens is 1. The van der Waals surface area contributed by atoms with Crippen LogP contribution in [0.25, 0.3) is 0 Å². The fourth-order valence-electron chi connectivity index (χ4n) is 3.50. The fraction of sp³-hybridized carbons (Fsp3) is 0.625. The second kappa shape index (κ2) is 6.11. The standard InChI is InChI=1S/C16H20F3N3O/c1-20-13-3-2-10(7-13)15(23)22-5-4-14-11(9-22)6-12(8-21-14)16(17,18)19/h6,8,10,13,20H,2-5,7,9H2,1H3. The summed E-state index contributed by atoms with van der Waals surface area (Å²) in [5.41, 5.74) is 0.436. The van der Waals surface area contributed by atoms with Crippen LogP contribution in [0, 0.1) is 5.92 Å². The van der Waals surface area contributed by atoms with Gasteiger partial charge in [-0.25, -0.2) is 0 Å². The van der Waals surface area contributed by atoms with Crippen LogP contribution in [0.2, 0.25) is 0 Å². The van der Waals surface area contributed by atoms with E-state index in [9.17, 15) is 18.0 Å². The number of nitrogens with one attached hydrogen (secondary N) is 1. The van der Waals surface area contributed by atoms with Gasteiger partial charge in [-0.3, -0.25) is 9.78 Å². The molecule has 1 aliphatic carbocycles. The average molecular weight is 327 g/mol. The molecule has 0 bridgehead atoms. The third kappa shape index (κ3) is 3.34. The maximum atomic E-state index is 12.8. The van der Waals surface area contributed by atoms with E-state index in [-0.39, 0.29) is 18.4 Å². The van der Waals surface area contributed by atoms with Gasteiger partial charge in [-0.2, -0.15) is 13.2 Å². The van der Waals surface area contributed by atoms with Gasteiger partial charge in [0.2, 0.25) is 5.91 Å². The van der Waals surface area contributed by atoms with Crippen molar-refractivity contribution in [3.8, 4) is 0 Å². The lowest BCUT2D eigenvalue weighted by Crippen LogP contribution is -2.40. The maximum Gasteiger partial charge on any atom is 0.417 e. The van der Waals surface area contributed by atoms with Crippen molar-refractivity contribution in [2.45, 2.75) is 44.4 Å². The molecule has 2 unspecified atom stereocenters. The first kappa shape index (κ1) is 16.2. The summed E-state index contributed by atoms with van der Waals surface area (Å²) in [7, 11) is 1.89. The van der Waals surface area contributed by atoms with E-state index in [0.717, 1.165) is 31.5 Å². The van der Waals surface area contributed by atoms with Crippen molar-refractivity contribution in [2.24, 2.45) is 5.92 Å². The van der Waals surface area contributed by atoms with Crippen LogP contribution >= 0.6 is 0 Å². The molecule has 1 saturated carbocycles. The van der Waals surface area contributed by atoms with E-state index in [2.05, 4.69) is 10.3 Å². The topological polar surface area (TPSA) is 45.2 Å². The summed E-state index contributed by atoms with van der Waals surface area (Å²) in [5, 5.41) is 3.19. The van der Waals surface area contributed by atoms with Gasteiger partial charge in [0.05, 0.1) is 5.56 Å². The lowest BCUT2D eigenvalue weighted by molar-refractivity contribution is -0.137. The van der Waals surface area contributed by atoms with Crippen LogP contribution in [-0.2, 0) is 23.9 Å². The Bertz CT molecular complexity index is 603. The minimum Gasteiger partial charge on any atom is -0.338 e. The molecule has 1 amide bonds. The summed E-state index contributed by atoms with van der Waals surface area (Å²) >= 11 is 0. The van der Waals surface area contributed by atoms with Crippen molar-refractivity contribution in [3.05, 3.63) is 29.1 Å². The summed E-state index contributed by atoms with van der Waals surface area (Å²) in [6.45, 7) is 0.761. The van der Waals surface area contributed by atoms with E-state index >= 15 is 0 Å². The van der Waals surface area contributed by atoms with Gasteiger partial charge >= 0.3 is 6.18 Å². The van der Waals surface area contributed by atoms with Crippen molar-refractivity contribution in [2.75, 3.05) is 13.6 Å². The van der Waals surface area contributed by atoms with Gasteiger partial charge in [-0.1, -0.05) is 0 Å². The van der Waals surface area contributed by atoms with E-state index in [1.807, 2.05) is 7.05 Å². The average Bonchev–Trinajstić information content (AvgIpc) is 3.01. The fourth-order valence-corrected chi connectivity index (χ4v) is 3.50. The molecule has 7 heteroatoms. The molecule has 2 heterocycles. The Kier molecular flexibility index (Phi) is 4.31. The van der Waals surface area contributed by atoms with Gasteiger partial charge < -0.3 is 10.2 Å². The van der Waals surface area contributed by atoms with Gasteiger partial charge in [-0.05, 0) is 37.9 Å². The van der Waals surface area contributed by atoms with Crippen LogP contribution in [0.3, 0.4) is 0 Å². The number of hydrogen-bond acceptors (Lipinski definition) is 3. The largest absolute Gasteiger partial charge is 0.417 e. The molecule has 1 N–H and O–H groups in total. The maximum absolute atomic E-state index is 12.8. The van der Waals surface area contributed by atoms with Crippen molar-refractivity contribution in [1.29, 1.82) is 0 Å². The highest BCUT2D eigenvalue weighted by Crippen LogP contribution is 2.32. The number of carbonyl (C=O) groups excluding carboxylic acids is 1. The molecule has 126 valence electrons. The van der Waals surface area contributed by atoms with Gasteiger partial charge in [0.1, 0.15) is 0 Å². The number of pyridine rings is 1. The van der Waals surface area contributed by atoms with Crippen LogP contribution in [0.4, 0.5) is 13.2 Å². The molecular formula is C16H20F3N3O. The van der Waals surface area contributed by atoms with Crippen LogP contribution in [0.1, 0.15) is 36.1 Å². The summed E-state index contributed by atoms with van der Waals surface area (Å²) in [6, 6.07) is 1.49. The molecule has 1 fully saturated rings. The molecule has 1 aromatic rings. The van der Waals surface area contributed by atoms with Gasteiger partial charge in [0.25, 0.3) is 0 Å². The third-order valence-electron chi connectivity index (χ3n) is 4.87. The van der Waals surface area contributed by atoms with E-state index in [1.165, 1.54) is 0 Å². The molecule has 23 heavy (non-hydrogen) atoms. The first-order chi connectivity index (χ1) is 10.9. The highest BCUT2D eigenvalue weighted by molar-refractivity contribution is 5.79. The molecule has 1 aliphatic heterocycles. The molecule has 0 aromatic carbocycles. The van der Waals surface area contributed by atoms with Gasteiger partial charge in [0.15, 0.2) is 0 Å². The molecular weight excluding hydrogens is 307 g/mol. The lowest BCUT2D eigenvalue weighted by Gasteiger charge is -2.30. The quantitative estimate of drug-likeness (QED) is 0.907. The minimum atomic E-state index is -4.40. The summed E-state index contributed by atoms with van der Waals surface area (Å²) < 4.78 is 38.4. The zero-order valence-electron chi connectivity index (χ0n) is 13.0. The predicted octanol–water partition coefficient (Wildman–Crippen LogP) is 2.37. The number of fused-ring (bicyclic) bond motifs is 1. The zero-order chi connectivity index (χ0) is 16.6. The van der Waals surface area contributed by atoms with Gasteiger partial charge in [-0.15, -0.1) is 0 Å². The van der Waals surface area contributed by atoms with Crippen LogP contribution in [0.15, 0.2) is 12.3 Å². The summed E-state index contributed by atoms with van der Waals surface area (Å²) in [4.78, 5) is 18.2. The Morgan fingerprint density at radius 1 is 1.39 bits per heavy atom. The Hall–Kier alpha value is -1.63. The molecule has 0 saturated heterocycles. The molecule has 0 spiro atoms.